The van der Waals surface area contributed by atoms with Gasteiger partial charge in [-0.05, 0) is 67.5 Å². The molecule has 1 aliphatic heterocycles. The zero-order valence-corrected chi connectivity index (χ0v) is 30.0. The van der Waals surface area contributed by atoms with E-state index in [-0.39, 0.29) is 45.2 Å². The first-order chi connectivity index (χ1) is 20.1. The summed E-state index contributed by atoms with van der Waals surface area (Å²) < 4.78 is 0. The van der Waals surface area contributed by atoms with Crippen LogP contribution in [-0.2, 0) is 47.2 Å². The molecule has 1 fully saturated rings. The van der Waals surface area contributed by atoms with Gasteiger partial charge in [-0.2, -0.15) is 60.7 Å². The summed E-state index contributed by atoms with van der Waals surface area (Å²) in [6.45, 7) is 20.5. The summed E-state index contributed by atoms with van der Waals surface area (Å²) in [5.74, 6) is 0. The normalized spacial score (nSPS) is 21.1. The van der Waals surface area contributed by atoms with Crippen molar-refractivity contribution in [2.75, 3.05) is 26.2 Å². The Morgan fingerprint density at radius 3 is 1.18 bits per heavy atom. The Hall–Kier alpha value is -1.72. The molecule has 2 unspecified atom stereocenters. The largest absolute Gasteiger partial charge is 2.00 e. The monoisotopic (exact) mass is 680 g/mol. The zero-order chi connectivity index (χ0) is 30.3. The molecule has 0 aliphatic carbocycles. The van der Waals surface area contributed by atoms with Crippen LogP contribution in [0, 0.1) is 0 Å². The first-order valence-electron chi connectivity index (χ1n) is 15.9. The van der Waals surface area contributed by atoms with Gasteiger partial charge in [-0.25, -0.2) is 48.5 Å². The molecule has 5 rings (SSSR count). The van der Waals surface area contributed by atoms with E-state index in [2.05, 4.69) is 111 Å². The van der Waals surface area contributed by atoms with Crippen molar-refractivity contribution in [2.45, 2.75) is 90.6 Å². The molecule has 4 aromatic rings. The van der Waals surface area contributed by atoms with E-state index in [4.69, 9.17) is 0 Å². The van der Waals surface area contributed by atoms with E-state index < -0.39 is 0 Å². The fourth-order valence-corrected chi connectivity index (χ4v) is 6.02. The summed E-state index contributed by atoms with van der Waals surface area (Å²) in [5, 5.41) is 7.78. The third-order valence-corrected chi connectivity index (χ3v) is 8.21. The molecule has 0 radical (unpaired) electrons. The molecule has 244 valence electrons. The van der Waals surface area contributed by atoms with E-state index in [1.54, 1.807) is 0 Å². The molecule has 44 heavy (non-hydrogen) atoms. The molecule has 6 heteroatoms. The standard InChI is InChI=1S/C28H46N4.2C5H5.2Fe/c1-23-19-27(3,4)29-16-18-32(22-26-13-9-10-14-26)24(2)20-28(5,6)30-15-17-31(23)21-25-11-7-8-12-25;2*1-2-4-5-3-1;;/h7-14,23-24,29-30H,15-22H2,1-6H3;2*1-5H;;/q-2;2*-1;2*+2. The molecule has 2 atom stereocenters. The molecular weight excluding hydrogens is 624 g/mol. The van der Waals surface area contributed by atoms with Crippen LogP contribution >= 0.6 is 0 Å². The average molecular weight is 681 g/mol. The van der Waals surface area contributed by atoms with Crippen molar-refractivity contribution >= 4 is 0 Å². The van der Waals surface area contributed by atoms with Crippen LogP contribution in [-0.4, -0.2) is 59.1 Å². The fraction of sp³-hybridized carbons (Fsp3) is 0.474. The van der Waals surface area contributed by atoms with Crippen molar-refractivity contribution in [1.82, 2.24) is 20.4 Å². The van der Waals surface area contributed by atoms with Gasteiger partial charge >= 0.3 is 34.1 Å². The first kappa shape index (κ1) is 40.3. The number of rotatable bonds is 4. The molecule has 2 N–H and O–H groups in total. The molecule has 1 saturated heterocycles. The zero-order valence-electron chi connectivity index (χ0n) is 27.8. The first-order valence-corrected chi connectivity index (χ1v) is 15.9. The molecular formula is C38H56Fe2N4. The Balaban J connectivity index is 0.000000680. The smallest absolute Gasteiger partial charge is 0.310 e. The molecule has 1 heterocycles. The third-order valence-electron chi connectivity index (χ3n) is 8.21. The van der Waals surface area contributed by atoms with Crippen LogP contribution in [0.3, 0.4) is 0 Å². The molecule has 1 aliphatic rings. The van der Waals surface area contributed by atoms with E-state index in [0.717, 1.165) is 52.1 Å². The van der Waals surface area contributed by atoms with Crippen molar-refractivity contribution < 1.29 is 34.1 Å². The van der Waals surface area contributed by atoms with Gasteiger partial charge in [-0.3, -0.25) is 0 Å². The van der Waals surface area contributed by atoms with Crippen LogP contribution in [0.15, 0.2) is 109 Å². The van der Waals surface area contributed by atoms with Crippen LogP contribution < -0.4 is 10.6 Å². The predicted molar refractivity (Wildman–Crippen MR) is 181 cm³/mol. The summed E-state index contributed by atoms with van der Waals surface area (Å²) in [4.78, 5) is 5.30. The van der Waals surface area contributed by atoms with Gasteiger partial charge in [0.1, 0.15) is 0 Å². The van der Waals surface area contributed by atoms with E-state index in [1.165, 1.54) is 11.1 Å². The average Bonchev–Trinajstić information content (AvgIpc) is 3.77. The van der Waals surface area contributed by atoms with E-state index in [9.17, 15) is 0 Å². The minimum Gasteiger partial charge on any atom is -0.310 e. The van der Waals surface area contributed by atoms with Crippen molar-refractivity contribution in [3.8, 4) is 0 Å². The molecule has 0 saturated carbocycles. The Morgan fingerprint density at radius 2 is 0.909 bits per heavy atom. The van der Waals surface area contributed by atoms with Gasteiger partial charge in [-0.1, -0.05) is 0 Å². The van der Waals surface area contributed by atoms with Gasteiger partial charge in [0.15, 0.2) is 0 Å². The van der Waals surface area contributed by atoms with Crippen LogP contribution in [0.4, 0.5) is 0 Å². The maximum absolute atomic E-state index is 3.89. The third kappa shape index (κ3) is 16.0. The van der Waals surface area contributed by atoms with Crippen LogP contribution in [0.1, 0.15) is 65.5 Å². The second-order valence-corrected chi connectivity index (χ2v) is 13.2. The van der Waals surface area contributed by atoms with Crippen molar-refractivity contribution in [3.05, 3.63) is 120 Å². The second-order valence-electron chi connectivity index (χ2n) is 13.2. The number of hydrogen-bond acceptors (Lipinski definition) is 4. The van der Waals surface area contributed by atoms with Gasteiger partial charge in [0, 0.05) is 49.3 Å². The van der Waals surface area contributed by atoms with Gasteiger partial charge in [0.25, 0.3) is 0 Å². The molecule has 0 spiro atoms. The van der Waals surface area contributed by atoms with Gasteiger partial charge in [0.2, 0.25) is 0 Å². The summed E-state index contributed by atoms with van der Waals surface area (Å²) in [6, 6.07) is 38.6. The van der Waals surface area contributed by atoms with E-state index >= 15 is 0 Å². The van der Waals surface area contributed by atoms with Gasteiger partial charge in [-0.15, -0.1) is 11.1 Å². The maximum Gasteiger partial charge on any atom is 2.00 e. The van der Waals surface area contributed by atoms with Crippen molar-refractivity contribution in [1.29, 1.82) is 0 Å². The number of nitrogens with zero attached hydrogens (tertiary/aromatic N) is 2. The summed E-state index contributed by atoms with van der Waals surface area (Å²) in [6.07, 6.45) is 2.27. The van der Waals surface area contributed by atoms with E-state index in [0.29, 0.717) is 12.1 Å². The van der Waals surface area contributed by atoms with Crippen molar-refractivity contribution in [3.63, 3.8) is 0 Å². The molecule has 0 amide bonds. The minimum absolute atomic E-state index is 0. The Bertz CT molecular complexity index is 1010. The topological polar surface area (TPSA) is 30.5 Å². The van der Waals surface area contributed by atoms with Crippen molar-refractivity contribution in [2.24, 2.45) is 0 Å². The second kappa shape index (κ2) is 21.1. The van der Waals surface area contributed by atoms with Crippen LogP contribution in [0.5, 0.6) is 0 Å². The van der Waals surface area contributed by atoms with Crippen LogP contribution in [0.2, 0.25) is 0 Å². The Morgan fingerprint density at radius 1 is 0.591 bits per heavy atom. The van der Waals surface area contributed by atoms with Gasteiger partial charge in [0.05, 0.1) is 0 Å². The van der Waals surface area contributed by atoms with Crippen LogP contribution in [0.25, 0.3) is 0 Å². The fourth-order valence-electron chi connectivity index (χ4n) is 6.02. The molecule has 0 aromatic heterocycles. The predicted octanol–water partition coefficient (Wildman–Crippen LogP) is 7.54. The maximum atomic E-state index is 3.89. The minimum atomic E-state index is 0. The summed E-state index contributed by atoms with van der Waals surface area (Å²) in [7, 11) is 0. The molecule has 0 bridgehead atoms. The van der Waals surface area contributed by atoms with Gasteiger partial charge < -0.3 is 20.4 Å². The molecule has 4 aromatic carbocycles. The quantitative estimate of drug-likeness (QED) is 0.172. The Labute approximate surface area is 290 Å². The Kier molecular flexibility index (Phi) is 19.4. The number of hydrogen-bond donors (Lipinski definition) is 2. The summed E-state index contributed by atoms with van der Waals surface area (Å²) in [5.41, 5.74) is 3.05. The SMILES string of the molecule is CC1CC(C)(C)NCCN(C[c-]2cccc2)C(C)CC(C)(C)NCCN1C[c-]1cccc1.[Fe+2].[Fe+2].c1cc[cH-]c1.c1cc[cH-]c1. The summed E-state index contributed by atoms with van der Waals surface area (Å²) >= 11 is 0. The number of nitrogens with one attached hydrogen (secondary N) is 2. The van der Waals surface area contributed by atoms with E-state index in [1.807, 2.05) is 60.7 Å². The molecule has 4 nitrogen and oxygen atoms in total.